The first-order valence-electron chi connectivity index (χ1n) is 12.7. The monoisotopic (exact) mass is 546 g/mol. The lowest BCUT2D eigenvalue weighted by atomic mass is 10.1. The quantitative estimate of drug-likeness (QED) is 0.344. The lowest BCUT2D eigenvalue weighted by Crippen LogP contribution is -2.42. The minimum atomic E-state index is -4.64. The van der Waals surface area contributed by atoms with Gasteiger partial charge in [0, 0.05) is 52.2 Å². The number of alkyl halides is 3. The molecule has 1 unspecified atom stereocenters. The summed E-state index contributed by atoms with van der Waals surface area (Å²) in [5, 5.41) is 4.09. The first-order chi connectivity index (χ1) is 18.5. The Balaban J connectivity index is 0.000000325. The Bertz CT molecular complexity index is 1450. The molecule has 4 aromatic rings. The maximum atomic E-state index is 14.9. The van der Waals surface area contributed by atoms with Crippen molar-refractivity contribution < 1.29 is 22.3 Å². The van der Waals surface area contributed by atoms with Crippen LogP contribution in [0.5, 0.6) is 0 Å². The van der Waals surface area contributed by atoms with Crippen molar-refractivity contribution in [3.8, 4) is 11.3 Å². The summed E-state index contributed by atoms with van der Waals surface area (Å²) in [7, 11) is 5.34. The van der Waals surface area contributed by atoms with Gasteiger partial charge in [-0.1, -0.05) is 0 Å². The molecule has 3 aromatic heterocycles. The highest BCUT2D eigenvalue weighted by molar-refractivity contribution is 5.90. The Morgan fingerprint density at radius 3 is 2.46 bits per heavy atom. The van der Waals surface area contributed by atoms with Crippen LogP contribution in [-0.2, 0) is 18.0 Å². The summed E-state index contributed by atoms with van der Waals surface area (Å²) in [6.07, 6.45) is 1.82. The normalized spacial score (nSPS) is 17.7. The fourth-order valence-electron chi connectivity index (χ4n) is 4.54. The molecule has 1 saturated carbocycles. The van der Waals surface area contributed by atoms with Gasteiger partial charge in [-0.15, -0.1) is 0 Å². The van der Waals surface area contributed by atoms with E-state index >= 15 is 0 Å². The van der Waals surface area contributed by atoms with Crippen LogP contribution >= 0.6 is 0 Å². The highest BCUT2D eigenvalue weighted by Crippen LogP contribution is 2.36. The fraction of sp³-hybridized carbons (Fsp3) is 0.462. The molecule has 0 amide bonds. The highest BCUT2D eigenvalue weighted by Gasteiger charge is 2.32. The number of aromatic nitrogens is 6. The molecular weight excluding hydrogens is 516 g/mol. The molecule has 13 heteroatoms. The number of benzene rings is 1. The third-order valence-corrected chi connectivity index (χ3v) is 6.62. The molecule has 0 bridgehead atoms. The molecule has 0 N–H and O–H groups in total. The van der Waals surface area contributed by atoms with Gasteiger partial charge in [0.15, 0.2) is 5.65 Å². The Labute approximate surface area is 223 Å². The summed E-state index contributed by atoms with van der Waals surface area (Å²) in [6, 6.07) is 5.16. The number of aryl methyl sites for hydroxylation is 1. The van der Waals surface area contributed by atoms with Gasteiger partial charge in [-0.3, -0.25) is 4.68 Å². The van der Waals surface area contributed by atoms with Gasteiger partial charge in [0.1, 0.15) is 17.0 Å². The third-order valence-electron chi connectivity index (χ3n) is 6.62. The SMILES string of the molecule is CC1CN(c2nc(-c3ccc(C(F)(F)F)cc3F)c3c(n2)nc(N(C)C)n3C)CCO1.c1cnn(C2CC2)c1. The van der Waals surface area contributed by atoms with Gasteiger partial charge in [-0.05, 0) is 44.0 Å². The third kappa shape index (κ3) is 5.68. The maximum Gasteiger partial charge on any atom is 0.416 e. The first-order valence-corrected chi connectivity index (χ1v) is 12.7. The number of anilines is 2. The zero-order valence-electron chi connectivity index (χ0n) is 22.2. The van der Waals surface area contributed by atoms with Crippen molar-refractivity contribution in [1.82, 2.24) is 29.3 Å². The molecule has 1 aliphatic carbocycles. The largest absolute Gasteiger partial charge is 0.416 e. The molecule has 1 saturated heterocycles. The number of ether oxygens (including phenoxy) is 1. The maximum absolute atomic E-state index is 14.9. The topological polar surface area (TPSA) is 77.1 Å². The summed E-state index contributed by atoms with van der Waals surface area (Å²) < 4.78 is 63.3. The van der Waals surface area contributed by atoms with Crippen LogP contribution in [0.25, 0.3) is 22.4 Å². The molecule has 0 radical (unpaired) electrons. The van der Waals surface area contributed by atoms with Crippen molar-refractivity contribution in [3.05, 3.63) is 48.0 Å². The average molecular weight is 547 g/mol. The summed E-state index contributed by atoms with van der Waals surface area (Å²) in [5.41, 5.74) is -0.137. The highest BCUT2D eigenvalue weighted by atomic mass is 19.4. The molecule has 0 spiro atoms. The molecule has 2 aliphatic rings. The van der Waals surface area contributed by atoms with Gasteiger partial charge in [-0.2, -0.15) is 28.2 Å². The second-order valence-electron chi connectivity index (χ2n) is 9.95. The van der Waals surface area contributed by atoms with Crippen molar-refractivity contribution in [1.29, 1.82) is 0 Å². The van der Waals surface area contributed by atoms with Gasteiger partial charge in [0.25, 0.3) is 0 Å². The number of halogens is 4. The summed E-state index contributed by atoms with van der Waals surface area (Å²) in [4.78, 5) is 17.4. The second-order valence-corrected chi connectivity index (χ2v) is 9.95. The number of imidazole rings is 1. The van der Waals surface area contributed by atoms with E-state index in [0.717, 1.165) is 18.2 Å². The Morgan fingerprint density at radius 1 is 1.10 bits per heavy atom. The van der Waals surface area contributed by atoms with Crippen LogP contribution in [0, 0.1) is 5.82 Å². The molecule has 2 fully saturated rings. The molecule has 1 aromatic carbocycles. The number of hydrogen-bond acceptors (Lipinski definition) is 7. The van der Waals surface area contributed by atoms with Crippen LogP contribution < -0.4 is 9.80 Å². The van der Waals surface area contributed by atoms with Crippen molar-refractivity contribution in [2.24, 2.45) is 7.05 Å². The number of hydrogen-bond donors (Lipinski definition) is 0. The zero-order chi connectivity index (χ0) is 27.9. The molecule has 6 rings (SSSR count). The van der Waals surface area contributed by atoms with Crippen LogP contribution in [0.1, 0.15) is 31.4 Å². The van der Waals surface area contributed by atoms with E-state index in [0.29, 0.717) is 48.8 Å². The second kappa shape index (κ2) is 10.4. The van der Waals surface area contributed by atoms with Gasteiger partial charge < -0.3 is 19.1 Å². The number of fused-ring (bicyclic) bond motifs is 1. The minimum absolute atomic E-state index is 0.0413. The van der Waals surface area contributed by atoms with Crippen molar-refractivity contribution in [2.75, 3.05) is 43.6 Å². The number of morpholine rings is 1. The zero-order valence-corrected chi connectivity index (χ0v) is 22.2. The molecule has 9 nitrogen and oxygen atoms in total. The molecule has 39 heavy (non-hydrogen) atoms. The summed E-state index contributed by atoms with van der Waals surface area (Å²) >= 11 is 0. The van der Waals surface area contributed by atoms with E-state index in [1.165, 1.54) is 12.8 Å². The van der Waals surface area contributed by atoms with Crippen molar-refractivity contribution >= 4 is 23.1 Å². The van der Waals surface area contributed by atoms with Gasteiger partial charge >= 0.3 is 6.18 Å². The fourth-order valence-corrected chi connectivity index (χ4v) is 4.54. The van der Waals surface area contributed by atoms with E-state index in [-0.39, 0.29) is 17.4 Å². The van der Waals surface area contributed by atoms with Crippen LogP contribution in [-0.4, -0.2) is 69.2 Å². The van der Waals surface area contributed by atoms with Crippen LogP contribution in [0.15, 0.2) is 36.7 Å². The van der Waals surface area contributed by atoms with E-state index in [4.69, 9.17) is 4.74 Å². The van der Waals surface area contributed by atoms with E-state index < -0.39 is 17.6 Å². The van der Waals surface area contributed by atoms with Crippen LogP contribution in [0.3, 0.4) is 0 Å². The van der Waals surface area contributed by atoms with Crippen molar-refractivity contribution in [3.63, 3.8) is 0 Å². The molecule has 1 atom stereocenters. The van der Waals surface area contributed by atoms with Crippen LogP contribution in [0.2, 0.25) is 0 Å². The Kier molecular flexibility index (Phi) is 7.19. The average Bonchev–Trinajstić information content (AvgIpc) is 3.47. The number of nitrogens with zero attached hydrogens (tertiary/aromatic N) is 8. The van der Waals surface area contributed by atoms with Gasteiger partial charge in [-0.25, -0.2) is 9.37 Å². The molecule has 208 valence electrons. The molecule has 4 heterocycles. The predicted molar refractivity (Wildman–Crippen MR) is 139 cm³/mol. The number of rotatable bonds is 4. The summed E-state index contributed by atoms with van der Waals surface area (Å²) in [5.74, 6) is -0.116. The Morgan fingerprint density at radius 2 is 1.87 bits per heavy atom. The molecule has 1 aliphatic heterocycles. The smallest absolute Gasteiger partial charge is 0.375 e. The van der Waals surface area contributed by atoms with Gasteiger partial charge in [0.05, 0.1) is 24.3 Å². The predicted octanol–water partition coefficient (Wildman–Crippen LogP) is 4.70. The molecular formula is C26H30F4N8O. The van der Waals surface area contributed by atoms with Crippen molar-refractivity contribution in [2.45, 2.75) is 38.1 Å². The summed E-state index contributed by atoms with van der Waals surface area (Å²) in [6.45, 7) is 3.48. The lowest BCUT2D eigenvalue weighted by molar-refractivity contribution is -0.137. The van der Waals surface area contributed by atoms with E-state index in [1.54, 1.807) is 30.6 Å². The Hall–Kier alpha value is -3.74. The van der Waals surface area contributed by atoms with E-state index in [9.17, 15) is 17.6 Å². The van der Waals surface area contributed by atoms with Crippen LogP contribution in [0.4, 0.5) is 29.5 Å². The van der Waals surface area contributed by atoms with Gasteiger partial charge in [0.2, 0.25) is 11.9 Å². The first kappa shape index (κ1) is 26.9. The minimum Gasteiger partial charge on any atom is -0.375 e. The standard InChI is InChI=1S/C20H22F4N6O.C6H8N2/c1-11-10-30(7-8-31-11)18-25-15(13-6-5-12(9-14(13)21)20(22,23)24)16-17(26-18)27-19(28(2)3)29(16)4;1-4-7-8(5-1)6-2-3-6/h5-6,9,11H,7-8,10H2,1-4H3;1,4-6H,2-3H2. The van der Waals surface area contributed by atoms with E-state index in [2.05, 4.69) is 20.1 Å². The van der Waals surface area contributed by atoms with E-state index in [1.807, 2.05) is 35.0 Å². The lowest BCUT2D eigenvalue weighted by Gasteiger charge is -2.31.